The Morgan fingerprint density at radius 3 is 2.31 bits per heavy atom. The lowest BCUT2D eigenvalue weighted by Gasteiger charge is -2.22. The van der Waals surface area contributed by atoms with Crippen molar-refractivity contribution in [1.29, 1.82) is 0 Å². The van der Waals surface area contributed by atoms with E-state index in [1.165, 1.54) is 35.6 Å². The molecule has 0 aliphatic carbocycles. The van der Waals surface area contributed by atoms with Gasteiger partial charge in [0.1, 0.15) is 0 Å². The molecule has 1 aromatic heterocycles. The average Bonchev–Trinajstić information content (AvgIpc) is 3.16. The number of hydrogen-bond acceptors (Lipinski definition) is 6. The first-order chi connectivity index (χ1) is 14.6. The second-order valence-corrected chi connectivity index (χ2v) is 11.3. The molecule has 11 heteroatoms. The largest absolute Gasteiger partial charge is 0.308 e. The number of aryl methyl sites for hydroxylation is 1. The van der Waals surface area contributed by atoms with Crippen LogP contribution in [0, 0.1) is 6.92 Å². The summed E-state index contributed by atoms with van der Waals surface area (Å²) in [6.45, 7) is 2.94. The summed E-state index contributed by atoms with van der Waals surface area (Å²) in [6.07, 6.45) is -0.152. The van der Waals surface area contributed by atoms with Crippen molar-refractivity contribution in [3.05, 3.63) is 52.0 Å². The molecular weight excluding hydrogens is 513 g/mol. The van der Waals surface area contributed by atoms with E-state index in [1.807, 2.05) is 38.1 Å². The SMILES string of the molecule is Cc1ccc(Cl)c2sc(N(CCN(C)C)C(=O)CCS(=O)(=O)c3ccc(Cl)cc3)nc12.Cl. The first-order valence-electron chi connectivity index (χ1n) is 9.57. The number of anilines is 1. The van der Waals surface area contributed by atoms with Crippen molar-refractivity contribution >= 4 is 78.0 Å². The Kier molecular flexibility index (Phi) is 9.34. The minimum Gasteiger partial charge on any atom is -0.308 e. The summed E-state index contributed by atoms with van der Waals surface area (Å²) in [4.78, 5) is 21.4. The van der Waals surface area contributed by atoms with Gasteiger partial charge in [-0.1, -0.05) is 40.6 Å². The summed E-state index contributed by atoms with van der Waals surface area (Å²) < 4.78 is 26.1. The molecule has 3 aromatic rings. The van der Waals surface area contributed by atoms with Crippen LogP contribution in [-0.2, 0) is 14.6 Å². The van der Waals surface area contributed by atoms with E-state index in [0.717, 1.165) is 15.8 Å². The van der Waals surface area contributed by atoms with Crippen LogP contribution < -0.4 is 4.90 Å². The minimum atomic E-state index is -3.61. The van der Waals surface area contributed by atoms with E-state index in [0.29, 0.717) is 28.3 Å². The maximum absolute atomic E-state index is 13.1. The van der Waals surface area contributed by atoms with Crippen LogP contribution in [0.3, 0.4) is 0 Å². The number of benzene rings is 2. The molecule has 0 N–H and O–H groups in total. The van der Waals surface area contributed by atoms with Gasteiger partial charge in [-0.3, -0.25) is 9.69 Å². The van der Waals surface area contributed by atoms with Crippen LogP contribution in [0.4, 0.5) is 5.13 Å². The number of rotatable bonds is 8. The molecule has 0 aliphatic rings. The van der Waals surface area contributed by atoms with Gasteiger partial charge in [0.05, 0.1) is 25.9 Å². The molecule has 0 unspecified atom stereocenters. The van der Waals surface area contributed by atoms with E-state index in [4.69, 9.17) is 23.2 Å². The van der Waals surface area contributed by atoms with Gasteiger partial charge >= 0.3 is 0 Å². The quantitative estimate of drug-likeness (QED) is 0.401. The number of carbonyl (C=O) groups excluding carboxylic acids is 1. The Balaban J connectivity index is 0.00000363. The molecule has 1 heterocycles. The third-order valence-corrected chi connectivity index (χ3v) is 8.27. The zero-order chi connectivity index (χ0) is 22.8. The number of likely N-dealkylation sites (N-methyl/N-ethyl adjacent to an activating group) is 1. The second kappa shape index (κ2) is 11.1. The Hall–Kier alpha value is -1.42. The van der Waals surface area contributed by atoms with Gasteiger partial charge in [0.15, 0.2) is 15.0 Å². The van der Waals surface area contributed by atoms with Crippen molar-refractivity contribution in [2.75, 3.05) is 37.8 Å². The van der Waals surface area contributed by atoms with E-state index in [1.54, 1.807) is 4.90 Å². The highest BCUT2D eigenvalue weighted by Gasteiger charge is 2.24. The molecule has 0 aliphatic heterocycles. The standard InChI is InChI=1S/C21H23Cl2N3O3S2.ClH/c1-14-4-9-17(23)20-19(14)24-21(30-20)26(12-11-25(2)3)18(27)10-13-31(28,29)16-7-5-15(22)6-8-16;/h4-9H,10-13H2,1-3H3;1H. The van der Waals surface area contributed by atoms with E-state index in [9.17, 15) is 13.2 Å². The number of amides is 1. The Morgan fingerprint density at radius 1 is 1.06 bits per heavy atom. The molecule has 174 valence electrons. The van der Waals surface area contributed by atoms with Gasteiger partial charge in [-0.2, -0.15) is 0 Å². The highest BCUT2D eigenvalue weighted by molar-refractivity contribution is 7.91. The lowest BCUT2D eigenvalue weighted by Crippen LogP contribution is -2.37. The van der Waals surface area contributed by atoms with E-state index < -0.39 is 9.84 Å². The molecule has 2 aromatic carbocycles. The fourth-order valence-electron chi connectivity index (χ4n) is 2.95. The van der Waals surface area contributed by atoms with E-state index in [2.05, 4.69) is 4.98 Å². The average molecular weight is 537 g/mol. The topological polar surface area (TPSA) is 70.6 Å². The zero-order valence-electron chi connectivity index (χ0n) is 17.8. The summed E-state index contributed by atoms with van der Waals surface area (Å²) in [5, 5.41) is 1.55. The normalized spacial score (nSPS) is 11.6. The number of carbonyl (C=O) groups is 1. The van der Waals surface area contributed by atoms with Crippen LogP contribution in [0.2, 0.25) is 10.0 Å². The lowest BCUT2D eigenvalue weighted by atomic mass is 10.2. The van der Waals surface area contributed by atoms with Crippen molar-refractivity contribution in [3.8, 4) is 0 Å². The highest BCUT2D eigenvalue weighted by Crippen LogP contribution is 2.35. The Bertz CT molecular complexity index is 1160. The van der Waals surface area contributed by atoms with Crippen molar-refractivity contribution in [2.45, 2.75) is 18.2 Å². The van der Waals surface area contributed by atoms with E-state index in [-0.39, 0.29) is 35.4 Å². The fraction of sp³-hybridized carbons (Fsp3) is 0.333. The molecule has 0 spiro atoms. The predicted octanol–water partition coefficient (Wildman–Crippen LogP) is 5.09. The summed E-state index contributed by atoms with van der Waals surface area (Å²) in [6, 6.07) is 9.64. The van der Waals surface area contributed by atoms with Crippen LogP contribution in [0.15, 0.2) is 41.3 Å². The van der Waals surface area contributed by atoms with Crippen molar-refractivity contribution < 1.29 is 13.2 Å². The van der Waals surface area contributed by atoms with E-state index >= 15 is 0 Å². The number of nitrogens with zero attached hydrogens (tertiary/aromatic N) is 3. The Labute approximate surface area is 208 Å². The number of thiazole rings is 1. The summed E-state index contributed by atoms with van der Waals surface area (Å²) in [5.74, 6) is -0.594. The second-order valence-electron chi connectivity index (χ2n) is 7.41. The van der Waals surface area contributed by atoms with Crippen molar-refractivity contribution in [2.24, 2.45) is 0 Å². The maximum Gasteiger partial charge on any atom is 0.229 e. The van der Waals surface area contributed by atoms with Crippen molar-refractivity contribution in [1.82, 2.24) is 9.88 Å². The number of sulfone groups is 1. The van der Waals surface area contributed by atoms with Gasteiger partial charge in [-0.25, -0.2) is 13.4 Å². The number of halogens is 3. The molecule has 0 atom stereocenters. The molecule has 0 radical (unpaired) electrons. The van der Waals surface area contributed by atoms with Gasteiger partial charge in [-0.05, 0) is 56.9 Å². The number of hydrogen-bond donors (Lipinski definition) is 0. The monoisotopic (exact) mass is 535 g/mol. The maximum atomic E-state index is 13.1. The van der Waals surface area contributed by atoms with Crippen molar-refractivity contribution in [3.63, 3.8) is 0 Å². The Morgan fingerprint density at radius 2 is 1.72 bits per heavy atom. The van der Waals surface area contributed by atoms with Crippen LogP contribution in [0.25, 0.3) is 10.2 Å². The number of aromatic nitrogens is 1. The van der Waals surface area contributed by atoms with Gasteiger partial charge < -0.3 is 4.90 Å². The zero-order valence-corrected chi connectivity index (χ0v) is 21.8. The molecule has 6 nitrogen and oxygen atoms in total. The molecule has 0 bridgehead atoms. The van der Waals surface area contributed by atoms with Gasteiger partial charge in [0.25, 0.3) is 0 Å². The summed E-state index contributed by atoms with van der Waals surface area (Å²) in [7, 11) is 0.208. The first-order valence-corrected chi connectivity index (χ1v) is 12.8. The summed E-state index contributed by atoms with van der Waals surface area (Å²) in [5.41, 5.74) is 1.72. The lowest BCUT2D eigenvalue weighted by molar-refractivity contribution is -0.118. The molecule has 32 heavy (non-hydrogen) atoms. The molecule has 0 saturated carbocycles. The molecular formula is C21H24Cl3N3O3S2. The van der Waals surface area contributed by atoms with Gasteiger partial charge in [-0.15, -0.1) is 12.4 Å². The van der Waals surface area contributed by atoms with Crippen LogP contribution in [0.1, 0.15) is 12.0 Å². The molecule has 3 rings (SSSR count). The van der Waals surface area contributed by atoms with Crippen LogP contribution in [0.5, 0.6) is 0 Å². The fourth-order valence-corrected chi connectivity index (χ4v) is 5.67. The number of fused-ring (bicyclic) bond motifs is 1. The van der Waals surface area contributed by atoms with Gasteiger partial charge in [0, 0.05) is 24.5 Å². The third kappa shape index (κ3) is 6.34. The predicted molar refractivity (Wildman–Crippen MR) is 136 cm³/mol. The summed E-state index contributed by atoms with van der Waals surface area (Å²) >= 11 is 13.5. The third-order valence-electron chi connectivity index (χ3n) is 4.75. The molecule has 1 amide bonds. The smallest absolute Gasteiger partial charge is 0.229 e. The minimum absolute atomic E-state index is 0. The van der Waals surface area contributed by atoms with Gasteiger partial charge in [0.2, 0.25) is 5.91 Å². The first kappa shape index (κ1) is 26.8. The van der Waals surface area contributed by atoms with Crippen LogP contribution >= 0.6 is 46.9 Å². The molecule has 0 saturated heterocycles. The van der Waals surface area contributed by atoms with Crippen LogP contribution in [-0.4, -0.2) is 57.1 Å². The highest BCUT2D eigenvalue weighted by atomic mass is 35.5. The molecule has 0 fully saturated rings.